The Morgan fingerprint density at radius 2 is 1.71 bits per heavy atom. The molecule has 17 nitrogen and oxygen atoms in total. The van der Waals surface area contributed by atoms with Gasteiger partial charge in [-0.15, -0.1) is 0 Å². The highest BCUT2D eigenvalue weighted by Gasteiger charge is 2.21. The summed E-state index contributed by atoms with van der Waals surface area (Å²) >= 11 is 0. The first-order chi connectivity index (χ1) is 22.2. The van der Waals surface area contributed by atoms with Gasteiger partial charge in [0.2, 0.25) is 5.91 Å². The molecular formula is C30H30FN9O8. The molecule has 250 valence electrons. The number of benzene rings is 2. The topological polar surface area (TPSA) is 290 Å². The Hall–Kier alpha value is -6.69. The minimum absolute atomic E-state index is 0. The van der Waals surface area contributed by atoms with Crippen LogP contribution in [0.5, 0.6) is 0 Å². The first-order valence-corrected chi connectivity index (χ1v) is 13.3. The van der Waals surface area contributed by atoms with Gasteiger partial charge in [0.25, 0.3) is 16.8 Å². The van der Waals surface area contributed by atoms with Crippen LogP contribution < -0.4 is 44.4 Å². The van der Waals surface area contributed by atoms with Gasteiger partial charge in [-0.3, -0.25) is 19.2 Å². The number of rotatable bonds is 9. The van der Waals surface area contributed by atoms with Crippen molar-refractivity contribution in [2.45, 2.75) is 20.0 Å². The van der Waals surface area contributed by atoms with Crippen LogP contribution in [0.2, 0.25) is 0 Å². The second-order valence-electron chi connectivity index (χ2n) is 9.73. The number of carbonyl (C=O) groups excluding carboxylic acids is 3. The summed E-state index contributed by atoms with van der Waals surface area (Å²) in [7, 11) is 1.30. The number of nitrogens with one attached hydrogen (secondary N) is 2. The number of nitrogen functional groups attached to an aromatic ring is 2. The fourth-order valence-corrected chi connectivity index (χ4v) is 4.08. The summed E-state index contributed by atoms with van der Waals surface area (Å²) in [5, 5.41) is 18.2. The van der Waals surface area contributed by atoms with Crippen LogP contribution in [0.3, 0.4) is 0 Å². The lowest BCUT2D eigenvalue weighted by molar-refractivity contribution is -0.119. The van der Waals surface area contributed by atoms with Crippen LogP contribution in [-0.4, -0.2) is 50.6 Å². The predicted octanol–water partition coefficient (Wildman–Crippen LogP) is 0.595. The average Bonchev–Trinajstić information content (AvgIpc) is 3.45. The molecule has 0 spiro atoms. The Bertz CT molecular complexity index is 2100. The summed E-state index contributed by atoms with van der Waals surface area (Å²) in [5.74, 6) is -3.79. The number of nitrogens with two attached hydrogens (primary N) is 4. The number of amides is 2. The molecule has 0 bridgehead atoms. The van der Waals surface area contributed by atoms with Crippen molar-refractivity contribution < 1.29 is 33.4 Å². The van der Waals surface area contributed by atoms with E-state index in [0.29, 0.717) is 16.7 Å². The minimum Gasteiger partial charge on any atom is -0.477 e. The van der Waals surface area contributed by atoms with Crippen molar-refractivity contribution in [3.8, 4) is 0 Å². The number of hydrogen-bond acceptors (Lipinski definition) is 13. The number of halogens is 1. The van der Waals surface area contributed by atoms with Crippen LogP contribution >= 0.6 is 0 Å². The van der Waals surface area contributed by atoms with Crippen LogP contribution in [0, 0.1) is 5.82 Å². The van der Waals surface area contributed by atoms with E-state index in [9.17, 15) is 38.3 Å². The van der Waals surface area contributed by atoms with Crippen molar-refractivity contribution in [2.24, 2.45) is 11.5 Å². The lowest BCUT2D eigenvalue weighted by Gasteiger charge is -2.12. The van der Waals surface area contributed by atoms with Crippen molar-refractivity contribution in [1.29, 1.82) is 0 Å². The van der Waals surface area contributed by atoms with Crippen LogP contribution in [0.4, 0.5) is 27.1 Å². The third-order valence-corrected chi connectivity index (χ3v) is 6.64. The molecule has 5 rings (SSSR count). The maximum Gasteiger partial charge on any atom is 0.354 e. The Morgan fingerprint density at radius 1 is 1.04 bits per heavy atom. The zero-order chi connectivity index (χ0) is 34.6. The second kappa shape index (κ2) is 14.6. The monoisotopic (exact) mass is 663 g/mol. The molecule has 2 heterocycles. The number of aromatic nitrogens is 3. The normalized spacial score (nSPS) is 11.1. The van der Waals surface area contributed by atoms with E-state index >= 15 is 0 Å². The van der Waals surface area contributed by atoms with E-state index in [1.807, 2.05) is 0 Å². The lowest BCUT2D eigenvalue weighted by atomic mass is 10.1. The fraction of sp³-hybridized carbons (Fsp3) is 0.133. The Kier molecular flexibility index (Phi) is 10.9. The molecule has 5 aromatic rings. The molecule has 0 saturated carbocycles. The molecule has 0 radical (unpaired) electrons. The van der Waals surface area contributed by atoms with E-state index in [4.69, 9.17) is 22.9 Å². The van der Waals surface area contributed by atoms with E-state index in [2.05, 4.69) is 25.5 Å². The Morgan fingerprint density at radius 3 is 2.29 bits per heavy atom. The number of fused-ring (bicyclic) bond motifs is 1. The minimum atomic E-state index is -1.33. The molecular weight excluding hydrogens is 633 g/mol. The van der Waals surface area contributed by atoms with E-state index in [1.165, 1.54) is 37.6 Å². The summed E-state index contributed by atoms with van der Waals surface area (Å²) in [5.41, 5.74) is 20.4. The van der Waals surface area contributed by atoms with Gasteiger partial charge in [0.05, 0.1) is 30.2 Å². The number of anilines is 4. The largest absolute Gasteiger partial charge is 0.477 e. The number of nitrogens with zero attached hydrogens (tertiary/aromatic N) is 3. The maximum atomic E-state index is 14.1. The van der Waals surface area contributed by atoms with Crippen LogP contribution in [-0.2, 0) is 16.1 Å². The average molecular weight is 664 g/mol. The molecule has 2 amide bonds. The zero-order valence-electron chi connectivity index (χ0n) is 24.3. The number of esters is 1. The van der Waals surface area contributed by atoms with E-state index in [-0.39, 0.29) is 53.8 Å². The summed E-state index contributed by atoms with van der Waals surface area (Å²) < 4.78 is 19.6. The van der Waals surface area contributed by atoms with Crippen molar-refractivity contribution in [3.05, 3.63) is 109 Å². The van der Waals surface area contributed by atoms with Crippen LogP contribution in [0.15, 0.2) is 64.3 Å². The molecule has 0 fully saturated rings. The van der Waals surface area contributed by atoms with Gasteiger partial charge in [-0.2, -0.15) is 5.10 Å². The van der Waals surface area contributed by atoms with E-state index in [1.54, 1.807) is 12.1 Å². The van der Waals surface area contributed by atoms with Crippen molar-refractivity contribution in [3.63, 3.8) is 0 Å². The number of carbonyl (C=O) groups is 4. The molecule has 0 unspecified atom stereocenters. The SMILES string of the molecule is C.COC(=O)c1ccc([C@@H](N)C(N)=O)cc1.Nc1c(Nc2cc(CNC(=O)c3cc(C(=O)O)n4ncc(N)c4n3)ccc2F)c(=O)c1=O. The van der Waals surface area contributed by atoms with Gasteiger partial charge in [-0.05, 0) is 35.4 Å². The molecule has 1 atom stereocenters. The number of methoxy groups -OCH3 is 1. The highest BCUT2D eigenvalue weighted by atomic mass is 19.1. The summed E-state index contributed by atoms with van der Waals surface area (Å²) in [6.45, 7) is -0.0841. The van der Waals surface area contributed by atoms with Gasteiger partial charge < -0.3 is 43.4 Å². The Labute approximate surface area is 270 Å². The van der Waals surface area contributed by atoms with Gasteiger partial charge in [0, 0.05) is 12.6 Å². The second-order valence-corrected chi connectivity index (χ2v) is 9.73. The lowest BCUT2D eigenvalue weighted by Crippen LogP contribution is -2.36. The standard InChI is InChI=1S/C19H14FN7O5.C10H12N2O3.CH4/c20-8-2-1-7(3-10(8)25-14-13(22)15(28)16(14)29)5-23-18(30)11-4-12(19(31)32)27-17(26-11)9(21)6-24-27;1-15-10(14)7-4-2-6(3-5-7)8(11)9(12)13;/h1-4,6,25H,5,21-22H2,(H,23,30)(H,31,32);2-5,8H,11H2,1H3,(H2,12,13);1H4/t;8-;/m.1./s1. The first kappa shape index (κ1) is 35.8. The molecule has 48 heavy (non-hydrogen) atoms. The smallest absolute Gasteiger partial charge is 0.354 e. The number of hydrogen-bond donors (Lipinski definition) is 7. The van der Waals surface area contributed by atoms with E-state index < -0.39 is 46.5 Å². The van der Waals surface area contributed by atoms with Crippen LogP contribution in [0.25, 0.3) is 5.65 Å². The molecule has 0 aliphatic rings. The molecule has 11 N–H and O–H groups in total. The number of carboxylic acid groups (broad SMARTS) is 1. The summed E-state index contributed by atoms with van der Waals surface area (Å²) in [6.07, 6.45) is 1.21. The van der Waals surface area contributed by atoms with Gasteiger partial charge in [-0.1, -0.05) is 25.6 Å². The maximum absolute atomic E-state index is 14.1. The van der Waals surface area contributed by atoms with Gasteiger partial charge in [0.15, 0.2) is 11.3 Å². The van der Waals surface area contributed by atoms with Crippen molar-refractivity contribution in [1.82, 2.24) is 19.9 Å². The molecule has 2 aromatic heterocycles. The number of aromatic carboxylic acids is 1. The van der Waals surface area contributed by atoms with Gasteiger partial charge in [-0.25, -0.2) is 23.5 Å². The fourth-order valence-electron chi connectivity index (χ4n) is 4.08. The van der Waals surface area contributed by atoms with Crippen molar-refractivity contribution in [2.75, 3.05) is 23.9 Å². The molecule has 0 aliphatic carbocycles. The molecule has 18 heteroatoms. The molecule has 0 saturated heterocycles. The summed E-state index contributed by atoms with van der Waals surface area (Å²) in [6, 6.07) is 10.2. The number of primary amides is 1. The van der Waals surface area contributed by atoms with Crippen molar-refractivity contribution >= 4 is 52.1 Å². The molecule has 0 aliphatic heterocycles. The predicted molar refractivity (Wildman–Crippen MR) is 172 cm³/mol. The van der Waals surface area contributed by atoms with Gasteiger partial charge >= 0.3 is 11.9 Å². The summed E-state index contributed by atoms with van der Waals surface area (Å²) in [4.78, 5) is 72.7. The highest BCUT2D eigenvalue weighted by molar-refractivity contribution is 5.96. The Balaban J connectivity index is 0.000000330. The quantitative estimate of drug-likeness (QED) is 0.0839. The third-order valence-electron chi connectivity index (χ3n) is 6.64. The molecule has 3 aromatic carbocycles. The number of ether oxygens (including phenoxy) is 1. The number of carboxylic acids is 1. The highest BCUT2D eigenvalue weighted by Crippen LogP contribution is 2.23. The third kappa shape index (κ3) is 7.40. The van der Waals surface area contributed by atoms with Gasteiger partial charge in [0.1, 0.15) is 28.9 Å². The van der Waals surface area contributed by atoms with E-state index in [0.717, 1.165) is 16.6 Å². The zero-order valence-corrected chi connectivity index (χ0v) is 24.3. The first-order valence-electron chi connectivity index (χ1n) is 13.3. The van der Waals surface area contributed by atoms with Crippen LogP contribution in [0.1, 0.15) is 55.9 Å².